The van der Waals surface area contributed by atoms with Gasteiger partial charge in [0.1, 0.15) is 12.2 Å². The average Bonchev–Trinajstić information content (AvgIpc) is 2.52. The molecular weight excluding hydrogens is 439 g/mol. The van der Waals surface area contributed by atoms with E-state index in [4.69, 9.17) is 9.47 Å². The van der Waals surface area contributed by atoms with Crippen molar-refractivity contribution in [1.29, 1.82) is 0 Å². The minimum atomic E-state index is -0.731. The first-order valence-electron chi connectivity index (χ1n) is 5.25. The third-order valence-corrected chi connectivity index (χ3v) is 2.78. The summed E-state index contributed by atoms with van der Waals surface area (Å²) in [7, 11) is 1.32. The van der Waals surface area contributed by atoms with Crippen LogP contribution in [0, 0.1) is 44.1 Å². The number of ether oxygens (including phenoxy) is 3. The van der Waals surface area contributed by atoms with Crippen molar-refractivity contribution in [2.45, 2.75) is 44.4 Å². The zero-order valence-electron chi connectivity index (χ0n) is 10.2. The Balaban J connectivity index is 0.00000144. The summed E-state index contributed by atoms with van der Waals surface area (Å²) in [5.74, 6) is -1.15. The Morgan fingerprint density at radius 2 is 2.18 bits per heavy atom. The van der Waals surface area contributed by atoms with Gasteiger partial charge in [0.05, 0.1) is 13.2 Å². The van der Waals surface area contributed by atoms with Gasteiger partial charge in [0, 0.05) is 56.1 Å². The van der Waals surface area contributed by atoms with Crippen LogP contribution in [0.2, 0.25) is 0 Å². The van der Waals surface area contributed by atoms with Crippen molar-refractivity contribution in [2.75, 3.05) is 7.11 Å². The maximum absolute atomic E-state index is 11.4. The molecule has 0 saturated carbocycles. The molecule has 17 heavy (non-hydrogen) atoms. The number of methoxy groups -OCH3 is 1. The first-order valence-corrected chi connectivity index (χ1v) is 5.25. The largest absolute Gasteiger partial charge is 0.466 e. The molecule has 1 N–H and O–H groups in total. The Morgan fingerprint density at radius 1 is 1.53 bits per heavy atom. The zero-order valence-corrected chi connectivity index (χ0v) is 14.9. The van der Waals surface area contributed by atoms with Gasteiger partial charge in [0.2, 0.25) is 0 Å². The molecule has 2 rings (SSSR count). The molecule has 0 amide bonds. The summed E-state index contributed by atoms with van der Waals surface area (Å²) in [5, 5.41) is 9.87. The molecular formula is C11H16AcO5. The summed E-state index contributed by atoms with van der Waals surface area (Å²) in [6.45, 7) is 3.56. The van der Waals surface area contributed by atoms with Gasteiger partial charge in [-0.2, -0.15) is 0 Å². The molecule has 0 aromatic rings. The summed E-state index contributed by atoms with van der Waals surface area (Å²) in [6, 6.07) is 0. The SMILES string of the molecule is COC(=O)C1=CC2OC(C)(C)OC2C(O)C1.[Ac]. The maximum atomic E-state index is 11.4. The van der Waals surface area contributed by atoms with Crippen molar-refractivity contribution in [1.82, 2.24) is 0 Å². The first kappa shape index (κ1) is 15.6. The molecule has 0 bridgehead atoms. The van der Waals surface area contributed by atoms with Crippen LogP contribution in [0.25, 0.3) is 0 Å². The van der Waals surface area contributed by atoms with E-state index in [-0.39, 0.29) is 56.6 Å². The van der Waals surface area contributed by atoms with Crippen molar-refractivity contribution in [3.8, 4) is 0 Å². The molecule has 1 saturated heterocycles. The quantitative estimate of drug-likeness (QED) is 0.580. The van der Waals surface area contributed by atoms with Crippen LogP contribution in [0.4, 0.5) is 0 Å². The molecule has 93 valence electrons. The van der Waals surface area contributed by atoms with E-state index < -0.39 is 24.0 Å². The van der Waals surface area contributed by atoms with Gasteiger partial charge in [-0.05, 0) is 19.9 Å². The molecule has 1 heterocycles. The van der Waals surface area contributed by atoms with Crippen LogP contribution in [0.15, 0.2) is 11.6 Å². The van der Waals surface area contributed by atoms with Gasteiger partial charge in [-0.1, -0.05) is 0 Å². The molecule has 1 fully saturated rings. The minimum Gasteiger partial charge on any atom is -0.466 e. The Kier molecular flexibility index (Phi) is 5.19. The fraction of sp³-hybridized carbons (Fsp3) is 0.727. The predicted octanol–water partition coefficient (Wildman–Crippen LogP) is 0.370. The van der Waals surface area contributed by atoms with E-state index in [1.54, 1.807) is 19.9 Å². The minimum absolute atomic E-state index is 0. The number of carbonyl (C=O) groups excluding carboxylic acids is 1. The molecule has 1 radical (unpaired) electrons. The molecule has 6 heteroatoms. The standard InChI is InChI=1S/C11H16O5.Ac/c1-11(2)15-8-5-6(10(13)14-3)4-7(12)9(8)16-11;/h5,7-9,12H,4H2,1-3H3;. The van der Waals surface area contributed by atoms with Crippen LogP contribution in [0.3, 0.4) is 0 Å². The number of hydrogen-bond donors (Lipinski definition) is 1. The number of carbonyl (C=O) groups is 1. The molecule has 1 aliphatic heterocycles. The Morgan fingerprint density at radius 3 is 2.76 bits per heavy atom. The van der Waals surface area contributed by atoms with Gasteiger partial charge in [0.25, 0.3) is 0 Å². The van der Waals surface area contributed by atoms with Gasteiger partial charge in [-0.15, -0.1) is 0 Å². The number of rotatable bonds is 1. The topological polar surface area (TPSA) is 65.0 Å². The van der Waals surface area contributed by atoms with E-state index in [1.807, 2.05) is 0 Å². The van der Waals surface area contributed by atoms with Crippen LogP contribution >= 0.6 is 0 Å². The van der Waals surface area contributed by atoms with E-state index in [9.17, 15) is 9.90 Å². The molecule has 3 unspecified atom stereocenters. The summed E-state index contributed by atoms with van der Waals surface area (Å²) in [6.07, 6.45) is 0.410. The summed E-state index contributed by atoms with van der Waals surface area (Å²) >= 11 is 0. The monoisotopic (exact) mass is 455 g/mol. The van der Waals surface area contributed by atoms with Crippen LogP contribution in [-0.2, 0) is 19.0 Å². The number of esters is 1. The van der Waals surface area contributed by atoms with E-state index in [0.717, 1.165) is 0 Å². The molecule has 2 aliphatic rings. The van der Waals surface area contributed by atoms with Crippen molar-refractivity contribution >= 4 is 5.97 Å². The number of hydrogen-bond acceptors (Lipinski definition) is 5. The molecule has 0 aromatic heterocycles. The van der Waals surface area contributed by atoms with Crippen LogP contribution in [-0.4, -0.2) is 42.3 Å². The second kappa shape index (κ2) is 5.67. The van der Waals surface area contributed by atoms with E-state index in [2.05, 4.69) is 4.74 Å². The maximum Gasteiger partial charge on any atom is 0.333 e. The van der Waals surface area contributed by atoms with Crippen molar-refractivity contribution in [3.05, 3.63) is 11.6 Å². The van der Waals surface area contributed by atoms with Gasteiger partial charge in [0.15, 0.2) is 5.79 Å². The van der Waals surface area contributed by atoms with Crippen LogP contribution < -0.4 is 0 Å². The second-order valence-electron chi connectivity index (χ2n) is 4.52. The van der Waals surface area contributed by atoms with Gasteiger partial charge < -0.3 is 19.3 Å². The van der Waals surface area contributed by atoms with Gasteiger partial charge in [-0.25, -0.2) is 4.79 Å². The number of aliphatic hydroxyl groups excluding tert-OH is 1. The van der Waals surface area contributed by atoms with Crippen molar-refractivity contribution < 1.29 is 68.2 Å². The smallest absolute Gasteiger partial charge is 0.333 e. The molecule has 0 spiro atoms. The number of aliphatic hydroxyl groups is 1. The van der Waals surface area contributed by atoms with Crippen LogP contribution in [0.1, 0.15) is 20.3 Å². The van der Waals surface area contributed by atoms with Crippen molar-refractivity contribution in [2.24, 2.45) is 0 Å². The molecule has 3 atom stereocenters. The zero-order chi connectivity index (χ0) is 11.9. The number of fused-ring (bicyclic) bond motifs is 1. The molecule has 1 aliphatic carbocycles. The Bertz CT molecular complexity index is 339. The van der Waals surface area contributed by atoms with E-state index in [1.165, 1.54) is 7.11 Å². The summed E-state index contributed by atoms with van der Waals surface area (Å²) < 4.78 is 15.8. The van der Waals surface area contributed by atoms with Crippen LogP contribution in [0.5, 0.6) is 0 Å². The first-order chi connectivity index (χ1) is 7.43. The molecule has 0 aromatic carbocycles. The predicted molar refractivity (Wildman–Crippen MR) is 54.5 cm³/mol. The second-order valence-corrected chi connectivity index (χ2v) is 4.52. The summed E-state index contributed by atoms with van der Waals surface area (Å²) in [5.41, 5.74) is 0.442. The Hall–Kier alpha value is 0.532. The summed E-state index contributed by atoms with van der Waals surface area (Å²) in [4.78, 5) is 11.4. The fourth-order valence-electron chi connectivity index (χ4n) is 2.13. The average molecular weight is 455 g/mol. The Labute approximate surface area is 136 Å². The third-order valence-electron chi connectivity index (χ3n) is 2.78. The molecule has 5 nitrogen and oxygen atoms in total. The van der Waals surface area contributed by atoms with Crippen molar-refractivity contribution in [3.63, 3.8) is 0 Å². The normalized spacial score (nSPS) is 34.4. The van der Waals surface area contributed by atoms with Gasteiger partial charge >= 0.3 is 5.97 Å². The van der Waals surface area contributed by atoms with E-state index >= 15 is 0 Å². The van der Waals surface area contributed by atoms with Gasteiger partial charge in [-0.3, -0.25) is 0 Å². The fourth-order valence-corrected chi connectivity index (χ4v) is 2.13. The van der Waals surface area contributed by atoms with E-state index in [0.29, 0.717) is 5.57 Å². The third kappa shape index (κ3) is 3.30.